The first kappa shape index (κ1) is 22.8. The highest BCUT2D eigenvalue weighted by Crippen LogP contribution is 2.13. The van der Waals surface area contributed by atoms with Gasteiger partial charge in [-0.15, -0.1) is 0 Å². The normalized spacial score (nSPS) is 16.3. The molecule has 9 heteroatoms. The van der Waals surface area contributed by atoms with Gasteiger partial charge in [0, 0.05) is 18.6 Å². The summed E-state index contributed by atoms with van der Waals surface area (Å²) in [5, 5.41) is 11.0. The second-order valence-corrected chi connectivity index (χ2v) is 7.79. The highest BCUT2D eigenvalue weighted by Gasteiger charge is 2.27. The average molecular weight is 438 g/mol. The van der Waals surface area contributed by atoms with Crippen molar-refractivity contribution < 1.29 is 19.1 Å². The minimum absolute atomic E-state index is 0.0634. The van der Waals surface area contributed by atoms with E-state index in [0.29, 0.717) is 6.42 Å². The molecule has 0 saturated heterocycles. The minimum Gasteiger partial charge on any atom is -0.445 e. The van der Waals surface area contributed by atoms with Crippen molar-refractivity contribution in [1.29, 1.82) is 0 Å². The van der Waals surface area contributed by atoms with E-state index in [2.05, 4.69) is 26.3 Å². The van der Waals surface area contributed by atoms with Crippen LogP contribution in [0.15, 0.2) is 66.8 Å². The Labute approximate surface area is 186 Å². The molecule has 0 fully saturated rings. The van der Waals surface area contributed by atoms with Crippen LogP contribution in [0.25, 0.3) is 0 Å². The second-order valence-electron chi connectivity index (χ2n) is 7.79. The van der Waals surface area contributed by atoms with Crippen LogP contribution < -0.4 is 21.3 Å². The van der Waals surface area contributed by atoms with Crippen LogP contribution in [0.1, 0.15) is 37.6 Å². The molecule has 3 amide bonds. The van der Waals surface area contributed by atoms with Gasteiger partial charge in [-0.1, -0.05) is 44.2 Å². The highest BCUT2D eigenvalue weighted by molar-refractivity contribution is 5.99. The van der Waals surface area contributed by atoms with Gasteiger partial charge in [0.1, 0.15) is 24.5 Å². The third-order valence-corrected chi connectivity index (χ3v) is 4.74. The lowest BCUT2D eigenvalue weighted by Crippen LogP contribution is -2.51. The number of pyridine rings is 1. The largest absolute Gasteiger partial charge is 0.445 e. The molecule has 0 spiro atoms. The van der Waals surface area contributed by atoms with Crippen LogP contribution in [0.5, 0.6) is 0 Å². The Morgan fingerprint density at radius 3 is 2.50 bits per heavy atom. The molecule has 1 aliphatic rings. The molecule has 9 nitrogen and oxygen atoms in total. The van der Waals surface area contributed by atoms with E-state index >= 15 is 0 Å². The Morgan fingerprint density at radius 1 is 1.12 bits per heavy atom. The molecule has 1 aromatic heterocycles. The van der Waals surface area contributed by atoms with Crippen LogP contribution in [0.2, 0.25) is 0 Å². The zero-order chi connectivity index (χ0) is 22.9. The van der Waals surface area contributed by atoms with E-state index < -0.39 is 30.1 Å². The quantitative estimate of drug-likeness (QED) is 0.502. The van der Waals surface area contributed by atoms with Crippen molar-refractivity contribution in [2.45, 2.75) is 39.1 Å². The van der Waals surface area contributed by atoms with Gasteiger partial charge in [-0.2, -0.15) is 0 Å². The van der Waals surface area contributed by atoms with Crippen LogP contribution in [0.3, 0.4) is 0 Å². The van der Waals surface area contributed by atoms with Crippen molar-refractivity contribution in [2.24, 2.45) is 5.92 Å². The Morgan fingerprint density at radius 2 is 1.84 bits per heavy atom. The molecule has 2 atom stereocenters. The lowest BCUT2D eigenvalue weighted by atomic mass is 10.0. The molecule has 0 aliphatic carbocycles. The molecule has 3 rings (SSSR count). The topological polar surface area (TPSA) is 121 Å². The summed E-state index contributed by atoms with van der Waals surface area (Å²) in [6.45, 7) is 3.96. The maximum atomic E-state index is 12.8. The van der Waals surface area contributed by atoms with Crippen LogP contribution >= 0.6 is 0 Å². The molecule has 1 aliphatic heterocycles. The zero-order valence-electron chi connectivity index (χ0n) is 18.0. The average Bonchev–Trinajstić information content (AvgIpc) is 2.79. The van der Waals surface area contributed by atoms with Gasteiger partial charge >= 0.3 is 6.09 Å². The third kappa shape index (κ3) is 6.56. The number of nitrogens with one attached hydrogen (secondary N) is 4. The first-order valence-electron chi connectivity index (χ1n) is 10.4. The van der Waals surface area contributed by atoms with Gasteiger partial charge in [0.15, 0.2) is 0 Å². The smallest absolute Gasteiger partial charge is 0.408 e. The molecule has 168 valence electrons. The summed E-state index contributed by atoms with van der Waals surface area (Å²) in [5.41, 5.74) is 1.73. The molecule has 0 saturated carbocycles. The predicted molar refractivity (Wildman–Crippen MR) is 117 cm³/mol. The SMILES string of the molecule is CC(C)C[C@H](NC(=O)OCc1ccccc1)C(=O)NC1=CNC(c2ccncc2)NC1=O. The standard InChI is InChI=1S/C23H27N5O4/c1-15(2)12-18(27-23(31)32-14-16-6-4-3-5-7-16)21(29)26-19-13-25-20(28-22(19)30)17-8-10-24-11-9-17/h3-11,13,15,18,20,25H,12,14H2,1-2H3,(H,26,29)(H,27,31)(H,28,30)/t18-,20?/m0/s1. The number of hydrogen-bond donors (Lipinski definition) is 4. The number of amides is 3. The van der Waals surface area contributed by atoms with E-state index in [-0.39, 0.29) is 18.2 Å². The summed E-state index contributed by atoms with van der Waals surface area (Å²) in [4.78, 5) is 41.5. The van der Waals surface area contributed by atoms with Crippen molar-refractivity contribution in [1.82, 2.24) is 26.3 Å². The predicted octanol–water partition coefficient (Wildman–Crippen LogP) is 2.10. The zero-order valence-corrected chi connectivity index (χ0v) is 18.0. The summed E-state index contributed by atoms with van der Waals surface area (Å²) in [6.07, 6.45) is 3.96. The Kier molecular flexibility index (Phi) is 7.80. The molecule has 2 heterocycles. The van der Waals surface area contributed by atoms with Crippen LogP contribution in [0.4, 0.5) is 4.79 Å². The molecule has 2 aromatic rings. The maximum absolute atomic E-state index is 12.8. The number of alkyl carbamates (subject to hydrolysis) is 1. The maximum Gasteiger partial charge on any atom is 0.408 e. The number of aromatic nitrogens is 1. The molecule has 0 radical (unpaired) electrons. The Bertz CT molecular complexity index is 963. The van der Waals surface area contributed by atoms with Crippen LogP contribution in [-0.4, -0.2) is 28.9 Å². The monoisotopic (exact) mass is 437 g/mol. The van der Waals surface area contributed by atoms with Crippen molar-refractivity contribution >= 4 is 17.9 Å². The van der Waals surface area contributed by atoms with Crippen LogP contribution in [0, 0.1) is 5.92 Å². The van der Waals surface area contributed by atoms with E-state index in [0.717, 1.165) is 11.1 Å². The van der Waals surface area contributed by atoms with Crippen molar-refractivity contribution in [3.63, 3.8) is 0 Å². The molecule has 1 aromatic carbocycles. The third-order valence-electron chi connectivity index (χ3n) is 4.74. The van der Waals surface area contributed by atoms with Crippen LogP contribution in [-0.2, 0) is 20.9 Å². The summed E-state index contributed by atoms with van der Waals surface area (Å²) in [5.74, 6) is -0.807. The first-order chi connectivity index (χ1) is 15.4. The van der Waals surface area contributed by atoms with Crippen molar-refractivity contribution in [3.05, 3.63) is 77.9 Å². The number of benzene rings is 1. The van der Waals surface area contributed by atoms with Crippen molar-refractivity contribution in [2.75, 3.05) is 0 Å². The van der Waals surface area contributed by atoms with Gasteiger partial charge in [-0.05, 0) is 35.6 Å². The van der Waals surface area contributed by atoms with Crippen molar-refractivity contribution in [3.8, 4) is 0 Å². The lowest BCUT2D eigenvalue weighted by Gasteiger charge is -2.26. The van der Waals surface area contributed by atoms with Gasteiger partial charge in [-0.3, -0.25) is 14.6 Å². The number of rotatable bonds is 8. The lowest BCUT2D eigenvalue weighted by molar-refractivity contribution is -0.126. The summed E-state index contributed by atoms with van der Waals surface area (Å²) in [6, 6.07) is 11.9. The minimum atomic E-state index is -0.857. The number of carbonyl (C=O) groups is 3. The fraction of sp³-hybridized carbons (Fsp3) is 0.304. The summed E-state index contributed by atoms with van der Waals surface area (Å²) >= 11 is 0. The number of hydrogen-bond acceptors (Lipinski definition) is 6. The van der Waals surface area contributed by atoms with Gasteiger partial charge in [0.2, 0.25) is 5.91 Å². The second kappa shape index (κ2) is 10.9. The van der Waals surface area contributed by atoms with E-state index in [1.807, 2.05) is 44.2 Å². The van der Waals surface area contributed by atoms with Gasteiger partial charge < -0.3 is 26.0 Å². The van der Waals surface area contributed by atoms with E-state index in [9.17, 15) is 14.4 Å². The Hall–Kier alpha value is -3.88. The molecular weight excluding hydrogens is 410 g/mol. The number of carbonyl (C=O) groups excluding carboxylic acids is 3. The Balaban J connectivity index is 1.58. The van der Waals surface area contributed by atoms with E-state index in [1.54, 1.807) is 24.5 Å². The molecule has 4 N–H and O–H groups in total. The fourth-order valence-electron chi connectivity index (χ4n) is 3.14. The summed E-state index contributed by atoms with van der Waals surface area (Å²) < 4.78 is 5.22. The van der Waals surface area contributed by atoms with E-state index in [1.165, 1.54) is 6.20 Å². The molecule has 1 unspecified atom stereocenters. The van der Waals surface area contributed by atoms with Gasteiger partial charge in [-0.25, -0.2) is 4.79 Å². The fourth-order valence-corrected chi connectivity index (χ4v) is 3.14. The highest BCUT2D eigenvalue weighted by atomic mass is 16.5. The molecular formula is C23H27N5O4. The van der Waals surface area contributed by atoms with Gasteiger partial charge in [0.25, 0.3) is 5.91 Å². The van der Waals surface area contributed by atoms with E-state index in [4.69, 9.17) is 4.74 Å². The summed E-state index contributed by atoms with van der Waals surface area (Å²) in [7, 11) is 0. The molecule has 0 bridgehead atoms. The number of nitrogens with zero attached hydrogens (tertiary/aromatic N) is 1. The van der Waals surface area contributed by atoms with Gasteiger partial charge in [0.05, 0.1) is 0 Å². The number of ether oxygens (including phenoxy) is 1. The molecule has 32 heavy (non-hydrogen) atoms. The first-order valence-corrected chi connectivity index (χ1v) is 10.4.